The first-order chi connectivity index (χ1) is 19.6. The van der Waals surface area contributed by atoms with E-state index in [4.69, 9.17) is 19.2 Å². The number of hydrogen-bond acceptors (Lipinski definition) is 7. The lowest BCUT2D eigenvalue weighted by atomic mass is 9.89. The SMILES string of the molecule is COc1cc2nc(-c3ccc(OC4CN(C(=O)OC(C)(C)C)C4)cc3)cc(N3C[C@@H]4CCNC(=O)[C@@H]4C3)c2cc1F. The van der Waals surface area contributed by atoms with Crippen LogP contribution in [0.1, 0.15) is 27.2 Å². The van der Waals surface area contributed by atoms with Gasteiger partial charge >= 0.3 is 6.09 Å². The summed E-state index contributed by atoms with van der Waals surface area (Å²) in [6.07, 6.45) is 0.500. The fourth-order valence-electron chi connectivity index (χ4n) is 5.83. The van der Waals surface area contributed by atoms with E-state index in [0.717, 1.165) is 29.9 Å². The lowest BCUT2D eigenvalue weighted by Gasteiger charge is -2.39. The Morgan fingerprint density at radius 2 is 1.83 bits per heavy atom. The van der Waals surface area contributed by atoms with Crippen molar-refractivity contribution in [3.63, 3.8) is 0 Å². The van der Waals surface area contributed by atoms with Gasteiger partial charge in [0.2, 0.25) is 5.91 Å². The molecule has 3 fully saturated rings. The van der Waals surface area contributed by atoms with Gasteiger partial charge in [0.05, 0.1) is 37.3 Å². The molecule has 0 spiro atoms. The highest BCUT2D eigenvalue weighted by molar-refractivity contribution is 5.96. The van der Waals surface area contributed by atoms with E-state index in [1.54, 1.807) is 11.0 Å². The van der Waals surface area contributed by atoms with Gasteiger partial charge in [0.1, 0.15) is 17.5 Å². The van der Waals surface area contributed by atoms with Crippen molar-refractivity contribution in [3.05, 3.63) is 48.3 Å². The number of ether oxygens (including phenoxy) is 3. The number of fused-ring (bicyclic) bond motifs is 2. The number of likely N-dealkylation sites (tertiary alicyclic amines) is 1. The number of halogens is 1. The Bertz CT molecular complexity index is 1480. The van der Waals surface area contributed by atoms with Crippen LogP contribution in [0.3, 0.4) is 0 Å². The van der Waals surface area contributed by atoms with Crippen molar-refractivity contribution < 1.29 is 28.2 Å². The second-order valence-corrected chi connectivity index (χ2v) is 12.0. The average Bonchev–Trinajstić information content (AvgIpc) is 3.34. The highest BCUT2D eigenvalue weighted by Gasteiger charge is 2.40. The Labute approximate surface area is 238 Å². The molecule has 41 heavy (non-hydrogen) atoms. The molecule has 0 aliphatic carbocycles. The summed E-state index contributed by atoms with van der Waals surface area (Å²) in [5, 5.41) is 3.66. The monoisotopic (exact) mass is 562 g/mol. The third kappa shape index (κ3) is 5.47. The first-order valence-corrected chi connectivity index (χ1v) is 14.0. The lowest BCUT2D eigenvalue weighted by molar-refractivity contribution is -0.127. The number of pyridine rings is 1. The summed E-state index contributed by atoms with van der Waals surface area (Å²) >= 11 is 0. The first-order valence-electron chi connectivity index (χ1n) is 14.0. The number of amides is 2. The van der Waals surface area contributed by atoms with E-state index in [1.807, 2.05) is 51.1 Å². The molecule has 9 nitrogen and oxygen atoms in total. The zero-order chi connectivity index (χ0) is 28.9. The van der Waals surface area contributed by atoms with Crippen LogP contribution in [0.4, 0.5) is 14.9 Å². The van der Waals surface area contributed by atoms with E-state index in [0.29, 0.717) is 42.8 Å². The number of rotatable bonds is 5. The fourth-order valence-corrected chi connectivity index (χ4v) is 5.83. The van der Waals surface area contributed by atoms with Crippen LogP contribution in [0.5, 0.6) is 11.5 Å². The summed E-state index contributed by atoms with van der Waals surface area (Å²) in [5.41, 5.74) is 2.54. The van der Waals surface area contributed by atoms with Gasteiger partial charge < -0.3 is 29.3 Å². The first kappa shape index (κ1) is 27.1. The lowest BCUT2D eigenvalue weighted by Crippen LogP contribution is -2.57. The van der Waals surface area contributed by atoms with E-state index >= 15 is 0 Å². The topological polar surface area (TPSA) is 93.2 Å². The van der Waals surface area contributed by atoms with E-state index in [-0.39, 0.29) is 35.7 Å². The van der Waals surface area contributed by atoms with Gasteiger partial charge in [-0.05, 0) is 69.5 Å². The van der Waals surface area contributed by atoms with Crippen LogP contribution in [0.2, 0.25) is 0 Å². The van der Waals surface area contributed by atoms with Crippen molar-refractivity contribution in [2.45, 2.75) is 38.9 Å². The summed E-state index contributed by atoms with van der Waals surface area (Å²) in [4.78, 5) is 33.4. The minimum atomic E-state index is -0.531. The third-order valence-corrected chi connectivity index (χ3v) is 7.95. The van der Waals surface area contributed by atoms with Crippen molar-refractivity contribution in [2.75, 3.05) is 44.7 Å². The van der Waals surface area contributed by atoms with Gasteiger partial charge in [-0.25, -0.2) is 14.2 Å². The summed E-state index contributed by atoms with van der Waals surface area (Å²) in [7, 11) is 1.44. The summed E-state index contributed by atoms with van der Waals surface area (Å²) in [5.74, 6) is 0.661. The molecule has 216 valence electrons. The number of carbonyl (C=O) groups is 2. The molecule has 3 aliphatic heterocycles. The number of piperidine rings is 1. The number of aromatic nitrogens is 1. The Hall–Kier alpha value is -4.08. The molecule has 1 aromatic heterocycles. The summed E-state index contributed by atoms with van der Waals surface area (Å²) in [6, 6.07) is 12.7. The predicted molar refractivity (Wildman–Crippen MR) is 153 cm³/mol. The fraction of sp³-hybridized carbons (Fsp3) is 0.452. The van der Waals surface area contributed by atoms with Crippen molar-refractivity contribution in [2.24, 2.45) is 11.8 Å². The third-order valence-electron chi connectivity index (χ3n) is 7.95. The van der Waals surface area contributed by atoms with Crippen molar-refractivity contribution in [3.8, 4) is 22.8 Å². The van der Waals surface area contributed by atoms with E-state index in [9.17, 15) is 14.0 Å². The maximum absolute atomic E-state index is 14.8. The molecule has 1 N–H and O–H groups in total. The van der Waals surface area contributed by atoms with Gasteiger partial charge in [0, 0.05) is 42.3 Å². The van der Waals surface area contributed by atoms with Crippen LogP contribution in [0.25, 0.3) is 22.2 Å². The van der Waals surface area contributed by atoms with Crippen LogP contribution in [-0.2, 0) is 9.53 Å². The van der Waals surface area contributed by atoms with Crippen LogP contribution in [0.15, 0.2) is 42.5 Å². The second kappa shape index (κ2) is 10.4. The number of hydrogen-bond donors (Lipinski definition) is 1. The molecule has 0 bridgehead atoms. The molecule has 0 saturated carbocycles. The Morgan fingerprint density at radius 1 is 1.07 bits per heavy atom. The largest absolute Gasteiger partial charge is 0.494 e. The molecule has 0 radical (unpaired) electrons. The van der Waals surface area contributed by atoms with Gasteiger partial charge in [0.15, 0.2) is 11.6 Å². The number of nitrogens with zero attached hydrogens (tertiary/aromatic N) is 3. The van der Waals surface area contributed by atoms with E-state index in [2.05, 4.69) is 10.2 Å². The van der Waals surface area contributed by atoms with Gasteiger partial charge in [-0.15, -0.1) is 0 Å². The van der Waals surface area contributed by atoms with Gasteiger partial charge in [0.25, 0.3) is 0 Å². The maximum Gasteiger partial charge on any atom is 0.410 e. The minimum absolute atomic E-state index is 0.0762. The molecular weight excluding hydrogens is 527 g/mol. The number of benzene rings is 2. The molecule has 3 saturated heterocycles. The predicted octanol–water partition coefficient (Wildman–Crippen LogP) is 4.62. The van der Waals surface area contributed by atoms with E-state index in [1.165, 1.54) is 13.2 Å². The van der Waals surface area contributed by atoms with Crippen LogP contribution in [0, 0.1) is 17.7 Å². The standard InChI is InChI=1S/C31H35FN4O5/c1-31(2,3)41-30(38)36-15-21(16-36)40-20-7-5-18(6-8-20)25-12-27(22-11-24(32)28(39-4)13-26(22)34-25)35-14-19-9-10-33-29(37)23(19)17-35/h5-8,11-13,19,21,23H,9-10,14-17H2,1-4H3,(H,33,37)/t19-,23+/m0/s1. The molecule has 3 aromatic rings. The van der Waals surface area contributed by atoms with Gasteiger partial charge in [-0.3, -0.25) is 4.79 Å². The number of anilines is 1. The van der Waals surface area contributed by atoms with Crippen LogP contribution < -0.4 is 19.7 Å². The van der Waals surface area contributed by atoms with Crippen LogP contribution in [-0.4, -0.2) is 73.4 Å². The highest BCUT2D eigenvalue weighted by Crippen LogP contribution is 2.39. The second-order valence-electron chi connectivity index (χ2n) is 12.0. The zero-order valence-electron chi connectivity index (χ0n) is 23.8. The normalized spacial score (nSPS) is 20.9. The van der Waals surface area contributed by atoms with Crippen LogP contribution >= 0.6 is 0 Å². The van der Waals surface area contributed by atoms with E-state index < -0.39 is 11.4 Å². The van der Waals surface area contributed by atoms with Gasteiger partial charge in [-0.2, -0.15) is 0 Å². The molecule has 2 atom stereocenters. The number of carbonyl (C=O) groups excluding carboxylic acids is 2. The minimum Gasteiger partial charge on any atom is -0.494 e. The summed E-state index contributed by atoms with van der Waals surface area (Å²) < 4.78 is 31.5. The molecule has 6 rings (SSSR count). The zero-order valence-corrected chi connectivity index (χ0v) is 23.8. The van der Waals surface area contributed by atoms with Gasteiger partial charge in [-0.1, -0.05) is 0 Å². The molecule has 10 heteroatoms. The Balaban J connectivity index is 1.23. The number of methoxy groups -OCH3 is 1. The summed E-state index contributed by atoms with van der Waals surface area (Å²) in [6.45, 7) is 8.49. The molecule has 3 aliphatic rings. The Kier molecular flexibility index (Phi) is 6.87. The van der Waals surface area contributed by atoms with Crippen molar-refractivity contribution >= 4 is 28.6 Å². The molecule has 2 amide bonds. The molecule has 4 heterocycles. The van der Waals surface area contributed by atoms with Crippen molar-refractivity contribution in [1.82, 2.24) is 15.2 Å². The highest BCUT2D eigenvalue weighted by atomic mass is 19.1. The molecule has 0 unspecified atom stereocenters. The smallest absolute Gasteiger partial charge is 0.410 e. The molecule has 2 aromatic carbocycles. The average molecular weight is 563 g/mol. The quantitative estimate of drug-likeness (QED) is 0.485. The maximum atomic E-state index is 14.8. The number of nitrogens with one attached hydrogen (secondary N) is 1. The molecular formula is C31H35FN4O5. The Morgan fingerprint density at radius 3 is 2.51 bits per heavy atom. The van der Waals surface area contributed by atoms with Crippen molar-refractivity contribution in [1.29, 1.82) is 0 Å².